The van der Waals surface area contributed by atoms with Crippen LogP contribution in [-0.2, 0) is 9.53 Å². The minimum Gasteiger partial charge on any atom is -0.396 e. The summed E-state index contributed by atoms with van der Waals surface area (Å²) in [7, 11) is 0. The third-order valence-electron chi connectivity index (χ3n) is 21.0. The molecule has 5 saturated carbocycles. The molecule has 15 heteroatoms. The molecule has 14 N–H and O–H groups in total. The largest absolute Gasteiger partial charge is 0.396 e. The van der Waals surface area contributed by atoms with Crippen LogP contribution in [0.4, 0.5) is 0 Å². The normalized spacial score (nSPS) is 49.0. The van der Waals surface area contributed by atoms with E-state index in [4.69, 9.17) is 10.5 Å². The molecule has 6 fully saturated rings. The molecule has 0 aromatic rings. The number of dihydropyridines is 1. The second kappa shape index (κ2) is 18.6. The number of hydrogen-bond donors (Lipinski definition) is 13. The number of rotatable bonds is 12. The summed E-state index contributed by atoms with van der Waals surface area (Å²) in [5.41, 5.74) is -4.67. The summed E-state index contributed by atoms with van der Waals surface area (Å²) in [5, 5.41) is 132. The average molecular weight is 990 g/mol. The van der Waals surface area contributed by atoms with Crippen LogP contribution in [0.3, 0.4) is 0 Å². The average Bonchev–Trinajstić information content (AvgIpc) is 3.67. The molecular formula is C56H83N3O12. The number of aliphatic hydroxyl groups is 10. The van der Waals surface area contributed by atoms with Crippen molar-refractivity contribution in [1.29, 1.82) is 0 Å². The first-order valence-corrected chi connectivity index (χ1v) is 27.4. The number of hydrogen-bond acceptors (Lipinski definition) is 15. The lowest BCUT2D eigenvalue weighted by Crippen LogP contribution is -2.76. The van der Waals surface area contributed by atoms with Gasteiger partial charge in [-0.15, -0.1) is 5.92 Å². The first kappa shape index (κ1) is 51.8. The van der Waals surface area contributed by atoms with Crippen LogP contribution in [-0.4, -0.2) is 142 Å². The first-order chi connectivity index (χ1) is 33.7. The summed E-state index contributed by atoms with van der Waals surface area (Å²) >= 11 is 0. The van der Waals surface area contributed by atoms with Gasteiger partial charge >= 0.3 is 0 Å². The van der Waals surface area contributed by atoms with Gasteiger partial charge in [0.2, 0.25) is 0 Å². The molecule has 71 heavy (non-hydrogen) atoms. The van der Waals surface area contributed by atoms with Crippen molar-refractivity contribution in [2.24, 2.45) is 63.4 Å². The quantitative estimate of drug-likeness (QED) is 0.0987. The number of carbonyl (C=O) groups excluding carboxylic acids is 1. The maximum atomic E-state index is 16.3. The molecule has 21 atom stereocenters. The van der Waals surface area contributed by atoms with Gasteiger partial charge in [0.25, 0.3) is 0 Å². The highest BCUT2D eigenvalue weighted by Crippen LogP contribution is 2.78. The van der Waals surface area contributed by atoms with Crippen molar-refractivity contribution in [3.8, 4) is 11.8 Å². The third-order valence-corrected chi connectivity index (χ3v) is 21.0. The second-order valence-electron chi connectivity index (χ2n) is 24.6. The SMILES string of the molecule is CCCC1CCC2OC3C(C(O)CCCC3(O)C(C)(O)C3CCC4(O)C5=C(NCC(C)O)C(=O)C67CC#CC(CO)C34CC3(O)C=CC(C4=C(CCCO)NC(N)C=C4)CC6(CC(O)C(O)C7)C53)C2CC1. The van der Waals surface area contributed by atoms with E-state index in [0.717, 1.165) is 49.8 Å². The Morgan fingerprint density at radius 1 is 1.00 bits per heavy atom. The molecule has 2 aliphatic heterocycles. The van der Waals surface area contributed by atoms with Crippen LogP contribution in [0.15, 0.2) is 46.8 Å². The highest BCUT2D eigenvalue weighted by Gasteiger charge is 2.82. The molecule has 15 nitrogen and oxygen atoms in total. The standard InChI is InChI=1S/C56H83N3O12/c1-4-8-32-12-14-36-41(16-13-32)71-49-44(36)38(63)11-6-21-56(49,70)50(3,67)42-19-23-55(69)45-46(58-28-31(2)62)48(66)51-20-5-9-34(29-61)54(42,55)30-53(68)22-18-33(35-15-17-43(57)59-37(35)10-7-24-60)25-52(51,47(45)53)27-40(65)39(64)26-51/h15,17-18,22,31-34,36,38-44,47,49,58-65,67-70H,4,6-8,10-14,16,19-21,23-30,57H2,1-3H3. The zero-order valence-electron chi connectivity index (χ0n) is 42.1. The first-order valence-electron chi connectivity index (χ1n) is 27.4. The van der Waals surface area contributed by atoms with Crippen LogP contribution in [0.25, 0.3) is 0 Å². The van der Waals surface area contributed by atoms with Crippen molar-refractivity contribution in [3.05, 3.63) is 46.8 Å². The molecule has 394 valence electrons. The minimum atomic E-state index is -2.11. The van der Waals surface area contributed by atoms with Crippen LogP contribution < -0.4 is 16.4 Å². The lowest BCUT2D eigenvalue weighted by atomic mass is 9.34. The molecule has 21 unspecified atom stereocenters. The fraction of sp³-hybridized carbons (Fsp3) is 0.804. The fourth-order valence-electron chi connectivity index (χ4n) is 18.1. The molecule has 0 aromatic carbocycles. The van der Waals surface area contributed by atoms with E-state index in [-0.39, 0.29) is 87.8 Å². The van der Waals surface area contributed by atoms with Gasteiger partial charge in [-0.3, -0.25) is 4.79 Å². The number of Topliss-reactive ketones (excluding diaryl/α,β-unsaturated/α-hetero) is 1. The topological polar surface area (TPSA) is 279 Å². The Morgan fingerprint density at radius 3 is 2.49 bits per heavy atom. The Kier molecular flexibility index (Phi) is 13.5. The van der Waals surface area contributed by atoms with E-state index in [0.29, 0.717) is 31.6 Å². The Bertz CT molecular complexity index is 2270. The maximum absolute atomic E-state index is 16.3. The summed E-state index contributed by atoms with van der Waals surface area (Å²) in [6, 6.07) is 0. The maximum Gasteiger partial charge on any atom is 0.186 e. The van der Waals surface area contributed by atoms with E-state index >= 15 is 4.79 Å². The summed E-state index contributed by atoms with van der Waals surface area (Å²) < 4.78 is 7.04. The number of ether oxygens (including phenoxy) is 1. The number of ketones is 1. The van der Waals surface area contributed by atoms with Crippen molar-refractivity contribution in [1.82, 2.24) is 10.6 Å². The van der Waals surface area contributed by atoms with Gasteiger partial charge in [-0.1, -0.05) is 50.3 Å². The van der Waals surface area contributed by atoms with E-state index in [1.54, 1.807) is 19.9 Å². The molecule has 1 saturated heterocycles. The Morgan fingerprint density at radius 2 is 1.76 bits per heavy atom. The van der Waals surface area contributed by atoms with Gasteiger partial charge in [0.1, 0.15) is 5.60 Å². The minimum absolute atomic E-state index is 0.00212. The van der Waals surface area contributed by atoms with Crippen molar-refractivity contribution < 1.29 is 60.6 Å². The van der Waals surface area contributed by atoms with Crippen LogP contribution in [0, 0.1) is 69.5 Å². The van der Waals surface area contributed by atoms with Crippen molar-refractivity contribution >= 4 is 5.78 Å². The number of fused-ring (bicyclic) bond motifs is 6. The zero-order chi connectivity index (χ0) is 50.7. The van der Waals surface area contributed by atoms with E-state index < -0.39 is 117 Å². The van der Waals surface area contributed by atoms with Gasteiger partial charge in [0, 0.05) is 54.4 Å². The monoisotopic (exact) mass is 990 g/mol. The molecule has 0 radical (unpaired) electrons. The third kappa shape index (κ3) is 7.45. The summed E-state index contributed by atoms with van der Waals surface area (Å²) in [5.74, 6) is 2.44. The highest BCUT2D eigenvalue weighted by molar-refractivity contribution is 6.03. The van der Waals surface area contributed by atoms with Crippen LogP contribution in [0.2, 0.25) is 0 Å². The van der Waals surface area contributed by atoms with Gasteiger partial charge in [-0.2, -0.15) is 0 Å². The van der Waals surface area contributed by atoms with E-state index in [1.807, 2.05) is 18.2 Å². The molecular weight excluding hydrogens is 907 g/mol. The predicted molar refractivity (Wildman–Crippen MR) is 263 cm³/mol. The van der Waals surface area contributed by atoms with Crippen LogP contribution >= 0.6 is 0 Å². The second-order valence-corrected chi connectivity index (χ2v) is 24.6. The molecule has 2 heterocycles. The number of nitrogens with one attached hydrogen (secondary N) is 2. The van der Waals surface area contributed by atoms with Crippen molar-refractivity contribution in [2.75, 3.05) is 19.8 Å². The van der Waals surface area contributed by atoms with E-state index in [1.165, 1.54) is 0 Å². The lowest BCUT2D eigenvalue weighted by Gasteiger charge is -2.70. The number of nitrogens with two attached hydrogens (primary N) is 1. The van der Waals surface area contributed by atoms with E-state index in [2.05, 4.69) is 29.4 Å². The number of aliphatic hydroxyl groups excluding tert-OH is 6. The van der Waals surface area contributed by atoms with Crippen LogP contribution in [0.1, 0.15) is 136 Å². The van der Waals surface area contributed by atoms with Crippen LogP contribution in [0.5, 0.6) is 0 Å². The number of carbonyl (C=O) groups is 1. The molecule has 6 bridgehead atoms. The smallest absolute Gasteiger partial charge is 0.186 e. The summed E-state index contributed by atoms with van der Waals surface area (Å²) in [4.78, 5) is 16.3. The molecule has 11 rings (SSSR count). The predicted octanol–water partition coefficient (Wildman–Crippen LogP) is 2.24. The lowest BCUT2D eigenvalue weighted by molar-refractivity contribution is -0.276. The molecule has 0 aromatic heterocycles. The van der Waals surface area contributed by atoms with Gasteiger partial charge in [-0.25, -0.2) is 0 Å². The summed E-state index contributed by atoms with van der Waals surface area (Å²) in [6.45, 7) is 4.59. The molecule has 3 spiro atoms. The van der Waals surface area contributed by atoms with E-state index in [9.17, 15) is 51.1 Å². The van der Waals surface area contributed by atoms with Gasteiger partial charge in [-0.05, 0) is 138 Å². The Balaban J connectivity index is 1.20. The van der Waals surface area contributed by atoms with Gasteiger partial charge in [0.05, 0.1) is 83.2 Å². The fourth-order valence-corrected chi connectivity index (χ4v) is 18.1. The zero-order valence-corrected chi connectivity index (χ0v) is 42.1. The molecule has 9 aliphatic carbocycles. The molecule has 0 amide bonds. The van der Waals surface area contributed by atoms with Crippen molar-refractivity contribution in [3.63, 3.8) is 0 Å². The number of allylic oxidation sites excluding steroid dienone is 5. The van der Waals surface area contributed by atoms with Crippen molar-refractivity contribution in [2.45, 2.75) is 202 Å². The summed E-state index contributed by atoms with van der Waals surface area (Å²) in [6.07, 6.45) is 8.36. The highest BCUT2D eigenvalue weighted by atomic mass is 16.5. The van der Waals surface area contributed by atoms with Gasteiger partial charge in [0.15, 0.2) is 5.78 Å². The Hall–Kier alpha value is -2.69. The van der Waals surface area contributed by atoms with Gasteiger partial charge < -0.3 is 72.2 Å². The molecule has 11 aliphatic rings. The Labute approximate surface area is 419 Å².